The van der Waals surface area contributed by atoms with Crippen LogP contribution in [0, 0.1) is 11.8 Å². The molecule has 2 aliphatic heterocycles. The summed E-state index contributed by atoms with van der Waals surface area (Å²) in [6.45, 7) is 9.34. The molecule has 4 heteroatoms. The van der Waals surface area contributed by atoms with Gasteiger partial charge in [-0.15, -0.1) is 0 Å². The Labute approximate surface area is 116 Å². The highest BCUT2D eigenvalue weighted by Crippen LogP contribution is 2.22. The fourth-order valence-electron chi connectivity index (χ4n) is 3.37. The minimum absolute atomic E-state index is 0.759. The predicted octanol–water partition coefficient (Wildman–Crippen LogP) is 2.13. The molecule has 1 atom stereocenters. The van der Waals surface area contributed by atoms with Crippen LogP contribution < -0.4 is 0 Å². The van der Waals surface area contributed by atoms with Crippen LogP contribution in [-0.2, 0) is 19.4 Å². The summed E-state index contributed by atoms with van der Waals surface area (Å²) in [5.74, 6) is 3.87. The number of nitrogens with zero attached hydrogens (tertiary/aromatic N) is 4. The largest absolute Gasteiger partial charge is 0.304 e. The molecule has 0 aromatic carbocycles. The van der Waals surface area contributed by atoms with Crippen LogP contribution in [0.15, 0.2) is 0 Å². The van der Waals surface area contributed by atoms with Gasteiger partial charge in [-0.25, -0.2) is 9.67 Å². The predicted molar refractivity (Wildman–Crippen MR) is 76.0 cm³/mol. The van der Waals surface area contributed by atoms with Gasteiger partial charge < -0.3 is 4.90 Å². The third-order valence-electron chi connectivity index (χ3n) is 4.76. The second kappa shape index (κ2) is 5.61. The molecule has 4 nitrogen and oxygen atoms in total. The molecule has 106 valence electrons. The summed E-state index contributed by atoms with van der Waals surface area (Å²) >= 11 is 0. The molecule has 1 saturated heterocycles. The highest BCUT2D eigenvalue weighted by atomic mass is 15.4. The fraction of sp³-hybridized carbons (Fsp3) is 0.867. The van der Waals surface area contributed by atoms with Crippen molar-refractivity contribution in [2.75, 3.05) is 19.6 Å². The molecule has 2 aliphatic rings. The Bertz CT molecular complexity index is 418. The number of fused-ring (bicyclic) bond motifs is 1. The number of hydrogen-bond donors (Lipinski definition) is 0. The monoisotopic (exact) mass is 262 g/mol. The summed E-state index contributed by atoms with van der Waals surface area (Å²) in [5, 5.41) is 4.73. The van der Waals surface area contributed by atoms with Crippen molar-refractivity contribution in [3.05, 3.63) is 11.6 Å². The highest BCUT2D eigenvalue weighted by Gasteiger charge is 2.22. The van der Waals surface area contributed by atoms with Crippen LogP contribution in [0.5, 0.6) is 0 Å². The fourth-order valence-corrected chi connectivity index (χ4v) is 3.37. The van der Waals surface area contributed by atoms with E-state index in [0.29, 0.717) is 0 Å². The van der Waals surface area contributed by atoms with E-state index in [1.807, 2.05) is 0 Å². The first-order valence-corrected chi connectivity index (χ1v) is 7.89. The molecule has 19 heavy (non-hydrogen) atoms. The molecule has 0 amide bonds. The van der Waals surface area contributed by atoms with E-state index >= 15 is 0 Å². The lowest BCUT2D eigenvalue weighted by Gasteiger charge is -2.30. The van der Waals surface area contributed by atoms with Gasteiger partial charge in [0.15, 0.2) is 5.82 Å². The molecule has 3 heterocycles. The van der Waals surface area contributed by atoms with E-state index in [2.05, 4.69) is 23.4 Å². The number of likely N-dealkylation sites (tertiary alicyclic amines) is 1. The van der Waals surface area contributed by atoms with Crippen molar-refractivity contribution in [1.82, 2.24) is 19.7 Å². The van der Waals surface area contributed by atoms with Crippen molar-refractivity contribution in [2.45, 2.75) is 52.5 Å². The third-order valence-corrected chi connectivity index (χ3v) is 4.76. The van der Waals surface area contributed by atoms with Crippen LogP contribution in [0.2, 0.25) is 0 Å². The Hall–Kier alpha value is -0.900. The van der Waals surface area contributed by atoms with E-state index in [0.717, 1.165) is 37.0 Å². The Balaban J connectivity index is 1.59. The summed E-state index contributed by atoms with van der Waals surface area (Å²) in [7, 11) is 0. The number of aromatic nitrogens is 3. The van der Waals surface area contributed by atoms with Crippen molar-refractivity contribution in [2.24, 2.45) is 11.8 Å². The Morgan fingerprint density at radius 2 is 2.00 bits per heavy atom. The number of hydrogen-bond acceptors (Lipinski definition) is 3. The average Bonchev–Trinajstić information content (AvgIpc) is 2.81. The van der Waals surface area contributed by atoms with Crippen LogP contribution in [0.1, 0.15) is 44.8 Å². The van der Waals surface area contributed by atoms with E-state index in [1.54, 1.807) is 0 Å². The van der Waals surface area contributed by atoms with Crippen LogP contribution in [0.3, 0.4) is 0 Å². The molecule has 1 aromatic rings. The maximum absolute atomic E-state index is 4.76. The van der Waals surface area contributed by atoms with Crippen molar-refractivity contribution in [3.8, 4) is 0 Å². The van der Waals surface area contributed by atoms with Crippen molar-refractivity contribution in [1.29, 1.82) is 0 Å². The second-order valence-corrected chi connectivity index (χ2v) is 6.35. The van der Waals surface area contributed by atoms with Gasteiger partial charge in [0, 0.05) is 19.4 Å². The Kier molecular flexibility index (Phi) is 3.87. The van der Waals surface area contributed by atoms with Gasteiger partial charge >= 0.3 is 0 Å². The van der Waals surface area contributed by atoms with Crippen LogP contribution in [0.4, 0.5) is 0 Å². The SMILES string of the molecule is CCN1CCC(Cc2nc3n(n2)CC(C)CC3)CC1. The quantitative estimate of drug-likeness (QED) is 0.837. The Morgan fingerprint density at radius 3 is 2.74 bits per heavy atom. The number of piperidine rings is 1. The minimum Gasteiger partial charge on any atom is -0.304 e. The average molecular weight is 262 g/mol. The first-order chi connectivity index (χ1) is 9.24. The summed E-state index contributed by atoms with van der Waals surface area (Å²) < 4.78 is 2.16. The van der Waals surface area contributed by atoms with Crippen LogP contribution >= 0.6 is 0 Å². The van der Waals surface area contributed by atoms with Gasteiger partial charge in [0.05, 0.1) is 0 Å². The summed E-state index contributed by atoms with van der Waals surface area (Å²) in [6, 6.07) is 0. The maximum Gasteiger partial charge on any atom is 0.151 e. The van der Waals surface area contributed by atoms with E-state index < -0.39 is 0 Å². The van der Waals surface area contributed by atoms with Crippen molar-refractivity contribution in [3.63, 3.8) is 0 Å². The second-order valence-electron chi connectivity index (χ2n) is 6.35. The first kappa shape index (κ1) is 13.1. The van der Waals surface area contributed by atoms with Gasteiger partial charge in [-0.2, -0.15) is 5.10 Å². The summed E-state index contributed by atoms with van der Waals surface area (Å²) in [4.78, 5) is 7.30. The van der Waals surface area contributed by atoms with Crippen LogP contribution in [0.25, 0.3) is 0 Å². The van der Waals surface area contributed by atoms with Crippen LogP contribution in [-0.4, -0.2) is 39.3 Å². The zero-order chi connectivity index (χ0) is 13.2. The van der Waals surface area contributed by atoms with E-state index in [1.165, 1.54) is 44.7 Å². The zero-order valence-electron chi connectivity index (χ0n) is 12.3. The lowest BCUT2D eigenvalue weighted by molar-refractivity contribution is 0.191. The van der Waals surface area contributed by atoms with Gasteiger partial charge in [0.2, 0.25) is 0 Å². The molecule has 0 bridgehead atoms. The van der Waals surface area contributed by atoms with E-state index in [4.69, 9.17) is 10.1 Å². The van der Waals surface area contributed by atoms with Gasteiger partial charge in [-0.05, 0) is 50.7 Å². The molecule has 1 fully saturated rings. The smallest absolute Gasteiger partial charge is 0.151 e. The number of rotatable bonds is 3. The lowest BCUT2D eigenvalue weighted by atomic mass is 9.93. The van der Waals surface area contributed by atoms with Gasteiger partial charge in [0.1, 0.15) is 5.82 Å². The topological polar surface area (TPSA) is 34.0 Å². The number of aryl methyl sites for hydroxylation is 1. The Morgan fingerprint density at radius 1 is 1.21 bits per heavy atom. The zero-order valence-corrected chi connectivity index (χ0v) is 12.3. The van der Waals surface area contributed by atoms with Gasteiger partial charge in [-0.3, -0.25) is 0 Å². The normalized spacial score (nSPS) is 25.5. The molecule has 0 saturated carbocycles. The first-order valence-electron chi connectivity index (χ1n) is 7.89. The van der Waals surface area contributed by atoms with Gasteiger partial charge in [0.25, 0.3) is 0 Å². The maximum atomic E-state index is 4.76. The molecule has 0 spiro atoms. The molecular formula is C15H26N4. The molecule has 0 N–H and O–H groups in total. The standard InChI is InChI=1S/C15H26N4/c1-3-18-8-6-13(7-9-18)10-14-16-15-5-4-12(2)11-19(15)17-14/h12-13H,3-11H2,1-2H3. The molecule has 3 rings (SSSR count). The molecule has 0 aliphatic carbocycles. The van der Waals surface area contributed by atoms with Crippen molar-refractivity contribution < 1.29 is 0 Å². The molecule has 1 aromatic heterocycles. The summed E-state index contributed by atoms with van der Waals surface area (Å²) in [6.07, 6.45) is 6.10. The van der Waals surface area contributed by atoms with E-state index in [9.17, 15) is 0 Å². The lowest BCUT2D eigenvalue weighted by Crippen LogP contribution is -2.34. The minimum atomic E-state index is 0.759. The molecule has 1 unspecified atom stereocenters. The summed E-state index contributed by atoms with van der Waals surface area (Å²) in [5.41, 5.74) is 0. The highest BCUT2D eigenvalue weighted by molar-refractivity contribution is 4.98. The van der Waals surface area contributed by atoms with Crippen molar-refractivity contribution >= 4 is 0 Å². The molecule has 0 radical (unpaired) electrons. The van der Waals surface area contributed by atoms with E-state index in [-0.39, 0.29) is 0 Å². The third kappa shape index (κ3) is 2.99. The van der Waals surface area contributed by atoms with Gasteiger partial charge in [-0.1, -0.05) is 13.8 Å². The molecular weight excluding hydrogens is 236 g/mol.